The van der Waals surface area contributed by atoms with Gasteiger partial charge in [-0.1, -0.05) is 6.92 Å². The second-order valence-corrected chi connectivity index (χ2v) is 5.23. The summed E-state index contributed by atoms with van der Waals surface area (Å²) in [6, 6.07) is 3.09. The van der Waals surface area contributed by atoms with E-state index in [4.69, 9.17) is 4.74 Å². The first-order chi connectivity index (χ1) is 10.1. The van der Waals surface area contributed by atoms with Crippen molar-refractivity contribution in [2.75, 3.05) is 39.3 Å². The first-order valence-corrected chi connectivity index (χ1v) is 7.27. The number of nitrogens with zero attached hydrogens (tertiary/aromatic N) is 1. The van der Waals surface area contributed by atoms with E-state index in [1.165, 1.54) is 0 Å². The highest BCUT2D eigenvalue weighted by atomic mass is 19.1. The normalized spacial score (nSPS) is 21.4. The predicted molar refractivity (Wildman–Crippen MR) is 76.0 cm³/mol. The van der Waals surface area contributed by atoms with Crippen molar-refractivity contribution >= 4 is 0 Å². The Morgan fingerprint density at radius 3 is 3.05 bits per heavy atom. The number of nitrogens with one attached hydrogen (secondary N) is 1. The average molecular weight is 300 g/mol. The molecule has 1 aliphatic rings. The fourth-order valence-corrected chi connectivity index (χ4v) is 2.45. The summed E-state index contributed by atoms with van der Waals surface area (Å²) in [7, 11) is 0. The number of morpholine rings is 1. The van der Waals surface area contributed by atoms with Gasteiger partial charge in [0.15, 0.2) is 0 Å². The number of aliphatic hydroxyl groups is 1. The van der Waals surface area contributed by atoms with E-state index in [-0.39, 0.29) is 18.2 Å². The van der Waals surface area contributed by atoms with Crippen molar-refractivity contribution in [2.45, 2.75) is 19.1 Å². The fraction of sp³-hybridized carbons (Fsp3) is 0.600. The fourth-order valence-electron chi connectivity index (χ4n) is 2.45. The summed E-state index contributed by atoms with van der Waals surface area (Å²) < 4.78 is 32.2. The Kier molecular flexibility index (Phi) is 6.05. The van der Waals surface area contributed by atoms with E-state index in [2.05, 4.69) is 17.1 Å². The largest absolute Gasteiger partial charge is 0.387 e. The van der Waals surface area contributed by atoms with Crippen LogP contribution in [0.3, 0.4) is 0 Å². The number of ether oxygens (including phenoxy) is 1. The van der Waals surface area contributed by atoms with Gasteiger partial charge in [0.25, 0.3) is 0 Å². The molecule has 2 unspecified atom stereocenters. The quantitative estimate of drug-likeness (QED) is 0.831. The monoisotopic (exact) mass is 300 g/mol. The van der Waals surface area contributed by atoms with E-state index in [9.17, 15) is 13.9 Å². The molecule has 1 aromatic rings. The van der Waals surface area contributed by atoms with E-state index >= 15 is 0 Å². The summed E-state index contributed by atoms with van der Waals surface area (Å²) in [5.41, 5.74) is -0.0257. The summed E-state index contributed by atoms with van der Waals surface area (Å²) in [6.45, 7) is 6.29. The molecule has 2 N–H and O–H groups in total. The lowest BCUT2D eigenvalue weighted by molar-refractivity contribution is -0.0262. The summed E-state index contributed by atoms with van der Waals surface area (Å²) >= 11 is 0. The summed E-state index contributed by atoms with van der Waals surface area (Å²) in [5.74, 6) is -1.16. The second kappa shape index (κ2) is 7.79. The molecule has 0 spiro atoms. The molecule has 118 valence electrons. The van der Waals surface area contributed by atoms with Crippen LogP contribution < -0.4 is 5.32 Å². The number of hydrogen-bond acceptors (Lipinski definition) is 4. The molecule has 1 aliphatic heterocycles. The van der Waals surface area contributed by atoms with Crippen LogP contribution >= 0.6 is 0 Å². The van der Waals surface area contributed by atoms with E-state index < -0.39 is 17.7 Å². The Labute approximate surface area is 123 Å². The van der Waals surface area contributed by atoms with Crippen LogP contribution in [0.25, 0.3) is 0 Å². The zero-order valence-corrected chi connectivity index (χ0v) is 12.2. The van der Waals surface area contributed by atoms with Crippen LogP contribution in [-0.4, -0.2) is 55.4 Å². The third kappa shape index (κ3) is 4.71. The van der Waals surface area contributed by atoms with Gasteiger partial charge in [0.2, 0.25) is 0 Å². The molecule has 0 radical (unpaired) electrons. The molecule has 0 aliphatic carbocycles. The molecule has 1 fully saturated rings. The zero-order chi connectivity index (χ0) is 15.2. The minimum atomic E-state index is -1.08. The highest BCUT2D eigenvalue weighted by Gasteiger charge is 2.20. The highest BCUT2D eigenvalue weighted by Crippen LogP contribution is 2.17. The van der Waals surface area contributed by atoms with Gasteiger partial charge in [-0.15, -0.1) is 0 Å². The highest BCUT2D eigenvalue weighted by molar-refractivity contribution is 5.21. The van der Waals surface area contributed by atoms with Crippen LogP contribution in [0.4, 0.5) is 8.78 Å². The lowest BCUT2D eigenvalue weighted by Crippen LogP contribution is -2.46. The molecule has 0 saturated carbocycles. The Bertz CT molecular complexity index is 459. The van der Waals surface area contributed by atoms with Crippen molar-refractivity contribution in [3.8, 4) is 0 Å². The van der Waals surface area contributed by atoms with Gasteiger partial charge in [0.1, 0.15) is 11.6 Å². The van der Waals surface area contributed by atoms with E-state index in [0.29, 0.717) is 13.2 Å². The van der Waals surface area contributed by atoms with E-state index in [1.54, 1.807) is 0 Å². The molecule has 0 aromatic heterocycles. The molecule has 21 heavy (non-hydrogen) atoms. The Morgan fingerprint density at radius 1 is 1.48 bits per heavy atom. The first-order valence-electron chi connectivity index (χ1n) is 7.27. The van der Waals surface area contributed by atoms with Crippen molar-refractivity contribution in [1.29, 1.82) is 0 Å². The molecule has 4 nitrogen and oxygen atoms in total. The van der Waals surface area contributed by atoms with Gasteiger partial charge in [-0.3, -0.25) is 4.90 Å². The first kappa shape index (κ1) is 16.3. The molecule has 1 heterocycles. The Morgan fingerprint density at radius 2 is 2.29 bits per heavy atom. The van der Waals surface area contributed by atoms with Crippen LogP contribution in [0.2, 0.25) is 0 Å². The lowest BCUT2D eigenvalue weighted by atomic mass is 10.1. The Balaban J connectivity index is 1.79. The van der Waals surface area contributed by atoms with Gasteiger partial charge in [0, 0.05) is 31.7 Å². The minimum absolute atomic E-state index is 0.0257. The number of aliphatic hydroxyl groups excluding tert-OH is 1. The topological polar surface area (TPSA) is 44.7 Å². The molecule has 6 heteroatoms. The van der Waals surface area contributed by atoms with Gasteiger partial charge < -0.3 is 15.2 Å². The third-order valence-electron chi connectivity index (χ3n) is 3.70. The Hall–Kier alpha value is -1.08. The molecule has 1 aromatic carbocycles. The standard InChI is InChI=1S/C15H22F2N2O2/c1-2-19-5-6-21-12(10-19)8-18-9-15(20)13-7-11(16)3-4-14(13)17/h3-4,7,12,15,18,20H,2,5-6,8-10H2,1H3. The summed E-state index contributed by atoms with van der Waals surface area (Å²) in [6.07, 6.45) is -1.02. The number of rotatable bonds is 6. The second-order valence-electron chi connectivity index (χ2n) is 5.23. The third-order valence-corrected chi connectivity index (χ3v) is 3.70. The molecule has 2 atom stereocenters. The molecule has 0 amide bonds. The molecule has 1 saturated heterocycles. The number of hydrogen-bond donors (Lipinski definition) is 2. The zero-order valence-electron chi connectivity index (χ0n) is 12.2. The molecular weight excluding hydrogens is 278 g/mol. The number of halogens is 2. The number of benzene rings is 1. The average Bonchev–Trinajstić information content (AvgIpc) is 2.49. The minimum Gasteiger partial charge on any atom is -0.387 e. The maximum absolute atomic E-state index is 13.5. The van der Waals surface area contributed by atoms with Crippen molar-refractivity contribution in [3.63, 3.8) is 0 Å². The van der Waals surface area contributed by atoms with Gasteiger partial charge in [-0.05, 0) is 24.7 Å². The molecular formula is C15H22F2N2O2. The SMILES string of the molecule is CCN1CCOC(CNCC(O)c2cc(F)ccc2F)C1. The van der Waals surface area contributed by atoms with Crippen LogP contribution in [0.1, 0.15) is 18.6 Å². The smallest absolute Gasteiger partial charge is 0.129 e. The van der Waals surface area contributed by atoms with E-state index in [1.807, 2.05) is 0 Å². The molecule has 2 rings (SSSR count). The van der Waals surface area contributed by atoms with Crippen molar-refractivity contribution in [2.24, 2.45) is 0 Å². The van der Waals surface area contributed by atoms with Gasteiger partial charge >= 0.3 is 0 Å². The maximum atomic E-state index is 13.5. The van der Waals surface area contributed by atoms with Gasteiger partial charge in [0.05, 0.1) is 18.8 Å². The maximum Gasteiger partial charge on any atom is 0.129 e. The van der Waals surface area contributed by atoms with Crippen LogP contribution in [0, 0.1) is 11.6 Å². The summed E-state index contributed by atoms with van der Waals surface area (Å²) in [5, 5.41) is 13.0. The lowest BCUT2D eigenvalue weighted by Gasteiger charge is -2.32. The van der Waals surface area contributed by atoms with Crippen molar-refractivity contribution in [1.82, 2.24) is 10.2 Å². The van der Waals surface area contributed by atoms with Crippen LogP contribution in [-0.2, 0) is 4.74 Å². The van der Waals surface area contributed by atoms with Crippen LogP contribution in [0.5, 0.6) is 0 Å². The van der Waals surface area contributed by atoms with Gasteiger partial charge in [-0.25, -0.2) is 8.78 Å². The predicted octanol–water partition coefficient (Wildman–Crippen LogP) is 1.31. The summed E-state index contributed by atoms with van der Waals surface area (Å²) in [4.78, 5) is 2.29. The van der Waals surface area contributed by atoms with Crippen molar-refractivity contribution in [3.05, 3.63) is 35.4 Å². The van der Waals surface area contributed by atoms with Crippen LogP contribution in [0.15, 0.2) is 18.2 Å². The van der Waals surface area contributed by atoms with Crippen molar-refractivity contribution < 1.29 is 18.6 Å². The van der Waals surface area contributed by atoms with Gasteiger partial charge in [-0.2, -0.15) is 0 Å². The number of likely N-dealkylation sites (N-methyl/N-ethyl adjacent to an activating group) is 1. The van der Waals surface area contributed by atoms with E-state index in [0.717, 1.165) is 37.8 Å². The molecule has 0 bridgehead atoms.